The summed E-state index contributed by atoms with van der Waals surface area (Å²) < 4.78 is 0. The molecular weight excluding hydrogens is 292 g/mol. The Labute approximate surface area is 134 Å². The van der Waals surface area contributed by atoms with Crippen molar-refractivity contribution in [2.45, 2.75) is 19.4 Å². The standard InChI is InChI=1S/C18H20N2O3/c1-12-9-10-20(11-16(12)21)18(23)14-7-8-15(19-17(14)22)13-5-3-2-4-6-13/h2-8,12,16,21H,9-11H2,1H3,(H,19,22). The number of amides is 1. The van der Waals surface area contributed by atoms with Crippen LogP contribution in [0.3, 0.4) is 0 Å². The molecule has 2 unspecified atom stereocenters. The highest BCUT2D eigenvalue weighted by Gasteiger charge is 2.28. The fourth-order valence-electron chi connectivity index (χ4n) is 2.83. The monoisotopic (exact) mass is 312 g/mol. The summed E-state index contributed by atoms with van der Waals surface area (Å²) in [5, 5.41) is 9.93. The molecule has 5 heteroatoms. The van der Waals surface area contributed by atoms with Crippen LogP contribution >= 0.6 is 0 Å². The Kier molecular flexibility index (Phi) is 4.30. The van der Waals surface area contributed by atoms with E-state index in [0.29, 0.717) is 12.2 Å². The quantitative estimate of drug-likeness (QED) is 0.889. The van der Waals surface area contributed by atoms with Gasteiger partial charge >= 0.3 is 0 Å². The van der Waals surface area contributed by atoms with E-state index in [0.717, 1.165) is 12.0 Å². The number of H-pyrrole nitrogens is 1. The maximum absolute atomic E-state index is 12.5. The number of aromatic amines is 1. The number of carbonyl (C=O) groups excluding carboxylic acids is 1. The van der Waals surface area contributed by atoms with Crippen molar-refractivity contribution in [3.8, 4) is 11.3 Å². The Bertz CT molecular complexity index is 754. The molecule has 120 valence electrons. The van der Waals surface area contributed by atoms with Crippen LogP contribution in [0.2, 0.25) is 0 Å². The molecular formula is C18H20N2O3. The van der Waals surface area contributed by atoms with Gasteiger partial charge in [0, 0.05) is 18.8 Å². The van der Waals surface area contributed by atoms with Crippen LogP contribution < -0.4 is 5.56 Å². The molecule has 1 aliphatic heterocycles. The highest BCUT2D eigenvalue weighted by Crippen LogP contribution is 2.19. The smallest absolute Gasteiger partial charge is 0.261 e. The van der Waals surface area contributed by atoms with Crippen LogP contribution in [0.4, 0.5) is 0 Å². The average molecular weight is 312 g/mol. The Balaban J connectivity index is 1.84. The zero-order valence-corrected chi connectivity index (χ0v) is 13.0. The molecule has 1 aromatic carbocycles. The van der Waals surface area contributed by atoms with Crippen LogP contribution in [0.1, 0.15) is 23.7 Å². The molecule has 0 saturated carbocycles. The molecule has 0 radical (unpaired) electrons. The number of rotatable bonds is 2. The van der Waals surface area contributed by atoms with E-state index in [-0.39, 0.29) is 23.9 Å². The molecule has 0 aliphatic carbocycles. The van der Waals surface area contributed by atoms with Crippen LogP contribution in [-0.2, 0) is 0 Å². The summed E-state index contributed by atoms with van der Waals surface area (Å²) in [7, 11) is 0. The number of nitrogens with zero attached hydrogens (tertiary/aromatic N) is 1. The molecule has 1 amide bonds. The lowest BCUT2D eigenvalue weighted by molar-refractivity contribution is 0.0247. The van der Waals surface area contributed by atoms with Gasteiger partial charge in [-0.2, -0.15) is 0 Å². The maximum atomic E-state index is 12.5. The summed E-state index contributed by atoms with van der Waals surface area (Å²) in [6.07, 6.45) is 0.211. The van der Waals surface area contributed by atoms with Crippen molar-refractivity contribution in [1.82, 2.24) is 9.88 Å². The van der Waals surface area contributed by atoms with Gasteiger partial charge in [-0.3, -0.25) is 9.59 Å². The SMILES string of the molecule is CC1CCN(C(=O)c2ccc(-c3ccccc3)[nH]c2=O)CC1O. The number of aliphatic hydroxyl groups is 1. The molecule has 2 N–H and O–H groups in total. The average Bonchev–Trinajstić information content (AvgIpc) is 2.57. The van der Waals surface area contributed by atoms with Gasteiger partial charge in [0.05, 0.1) is 6.10 Å². The van der Waals surface area contributed by atoms with Gasteiger partial charge < -0.3 is 15.0 Å². The number of aliphatic hydroxyl groups excluding tert-OH is 1. The number of aromatic nitrogens is 1. The van der Waals surface area contributed by atoms with Gasteiger partial charge in [-0.15, -0.1) is 0 Å². The number of benzene rings is 1. The van der Waals surface area contributed by atoms with E-state index < -0.39 is 11.7 Å². The summed E-state index contributed by atoms with van der Waals surface area (Å²) >= 11 is 0. The fourth-order valence-corrected chi connectivity index (χ4v) is 2.83. The molecule has 1 saturated heterocycles. The predicted octanol–water partition coefficient (Wildman–Crippen LogP) is 1.88. The highest BCUT2D eigenvalue weighted by molar-refractivity contribution is 5.94. The van der Waals surface area contributed by atoms with Crippen LogP contribution in [0.25, 0.3) is 11.3 Å². The summed E-state index contributed by atoms with van der Waals surface area (Å²) in [6.45, 7) is 2.81. The molecule has 1 aliphatic rings. The third kappa shape index (κ3) is 3.19. The van der Waals surface area contributed by atoms with Crippen molar-refractivity contribution < 1.29 is 9.90 Å². The molecule has 2 heterocycles. The Morgan fingerprint density at radius 2 is 1.96 bits per heavy atom. The zero-order valence-electron chi connectivity index (χ0n) is 13.0. The molecule has 2 aromatic rings. The minimum atomic E-state index is -0.532. The number of hydrogen-bond donors (Lipinski definition) is 2. The normalized spacial score (nSPS) is 21.2. The molecule has 0 bridgehead atoms. The summed E-state index contributed by atoms with van der Waals surface area (Å²) in [5.41, 5.74) is 1.29. The molecule has 5 nitrogen and oxygen atoms in total. The Morgan fingerprint density at radius 3 is 2.61 bits per heavy atom. The van der Waals surface area contributed by atoms with E-state index in [1.807, 2.05) is 37.3 Å². The van der Waals surface area contributed by atoms with E-state index in [9.17, 15) is 14.7 Å². The van der Waals surface area contributed by atoms with E-state index in [4.69, 9.17) is 0 Å². The first-order valence-corrected chi connectivity index (χ1v) is 7.82. The number of nitrogens with one attached hydrogen (secondary N) is 1. The van der Waals surface area contributed by atoms with Crippen LogP contribution in [-0.4, -0.2) is 40.1 Å². The first-order chi connectivity index (χ1) is 11.1. The largest absolute Gasteiger partial charge is 0.391 e. The minimum absolute atomic E-state index is 0.117. The topological polar surface area (TPSA) is 73.4 Å². The van der Waals surface area contributed by atoms with Gasteiger partial charge in [0.1, 0.15) is 5.56 Å². The third-order valence-corrected chi connectivity index (χ3v) is 4.43. The van der Waals surface area contributed by atoms with Crippen LogP contribution in [0.5, 0.6) is 0 Å². The molecule has 1 fully saturated rings. The van der Waals surface area contributed by atoms with Crippen molar-refractivity contribution in [3.63, 3.8) is 0 Å². The fraction of sp³-hybridized carbons (Fsp3) is 0.333. The molecule has 3 rings (SSSR count). The zero-order chi connectivity index (χ0) is 16.4. The van der Waals surface area contributed by atoms with Crippen molar-refractivity contribution in [2.75, 3.05) is 13.1 Å². The van der Waals surface area contributed by atoms with Crippen molar-refractivity contribution >= 4 is 5.91 Å². The second kappa shape index (κ2) is 6.38. The van der Waals surface area contributed by atoms with Crippen LogP contribution in [0, 0.1) is 5.92 Å². The van der Waals surface area contributed by atoms with E-state index >= 15 is 0 Å². The van der Waals surface area contributed by atoms with Gasteiger partial charge in [-0.25, -0.2) is 0 Å². The molecule has 1 aromatic heterocycles. The molecule has 0 spiro atoms. The Morgan fingerprint density at radius 1 is 1.22 bits per heavy atom. The number of β-amino-alcohol motifs (C(OH)–C–C–N with tert-alkyl or cyclic N) is 1. The lowest BCUT2D eigenvalue weighted by Gasteiger charge is -2.34. The van der Waals surface area contributed by atoms with Crippen molar-refractivity contribution in [2.24, 2.45) is 5.92 Å². The summed E-state index contributed by atoms with van der Waals surface area (Å²) in [6, 6.07) is 12.8. The minimum Gasteiger partial charge on any atom is -0.391 e. The second-order valence-corrected chi connectivity index (χ2v) is 6.07. The Hall–Kier alpha value is -2.40. The van der Waals surface area contributed by atoms with Gasteiger partial charge in [0.15, 0.2) is 0 Å². The maximum Gasteiger partial charge on any atom is 0.261 e. The highest BCUT2D eigenvalue weighted by atomic mass is 16.3. The van der Waals surface area contributed by atoms with E-state index in [1.165, 1.54) is 0 Å². The van der Waals surface area contributed by atoms with Gasteiger partial charge in [0.2, 0.25) is 0 Å². The number of pyridine rings is 1. The van der Waals surface area contributed by atoms with Gasteiger partial charge in [-0.05, 0) is 30.0 Å². The van der Waals surface area contributed by atoms with Gasteiger partial charge in [-0.1, -0.05) is 37.3 Å². The number of carbonyl (C=O) groups is 1. The first-order valence-electron chi connectivity index (χ1n) is 7.82. The van der Waals surface area contributed by atoms with Gasteiger partial charge in [0.25, 0.3) is 11.5 Å². The van der Waals surface area contributed by atoms with E-state index in [1.54, 1.807) is 17.0 Å². The molecule has 23 heavy (non-hydrogen) atoms. The van der Waals surface area contributed by atoms with Crippen LogP contribution in [0.15, 0.2) is 47.3 Å². The summed E-state index contributed by atoms with van der Waals surface area (Å²) in [5.74, 6) is -0.144. The van der Waals surface area contributed by atoms with Crippen molar-refractivity contribution in [3.05, 3.63) is 58.4 Å². The van der Waals surface area contributed by atoms with E-state index in [2.05, 4.69) is 4.98 Å². The second-order valence-electron chi connectivity index (χ2n) is 6.07. The molecule has 2 atom stereocenters. The van der Waals surface area contributed by atoms with Crippen molar-refractivity contribution in [1.29, 1.82) is 0 Å². The lowest BCUT2D eigenvalue weighted by atomic mass is 9.95. The summed E-state index contributed by atoms with van der Waals surface area (Å²) in [4.78, 5) is 29.1. The predicted molar refractivity (Wildman–Crippen MR) is 88.2 cm³/mol. The third-order valence-electron chi connectivity index (χ3n) is 4.43. The lowest BCUT2D eigenvalue weighted by Crippen LogP contribution is -2.46. The number of likely N-dealkylation sites (tertiary alicyclic amines) is 1. The number of hydrogen-bond acceptors (Lipinski definition) is 3. The first kappa shape index (κ1) is 15.5. The number of piperidine rings is 1.